The number of benzene rings is 1. The lowest BCUT2D eigenvalue weighted by molar-refractivity contribution is -0.124. The van der Waals surface area contributed by atoms with Gasteiger partial charge in [0.05, 0.1) is 10.5 Å². The van der Waals surface area contributed by atoms with Crippen LogP contribution in [0.4, 0.5) is 0 Å². The average Bonchev–Trinajstić information content (AvgIpc) is 2.52. The van der Waals surface area contributed by atoms with Gasteiger partial charge in [0.25, 0.3) is 5.91 Å². The summed E-state index contributed by atoms with van der Waals surface area (Å²) in [4.78, 5) is 23.3. The molecule has 0 fully saturated rings. The van der Waals surface area contributed by atoms with Crippen LogP contribution in [0.25, 0.3) is 0 Å². The summed E-state index contributed by atoms with van der Waals surface area (Å²) >= 11 is 0. The molecule has 0 unspecified atom stereocenters. The first kappa shape index (κ1) is 18.1. The van der Waals surface area contributed by atoms with Crippen molar-refractivity contribution in [3.05, 3.63) is 29.8 Å². The first-order valence-corrected chi connectivity index (χ1v) is 8.28. The number of ether oxygens (including phenoxy) is 1. The maximum atomic E-state index is 11.9. The van der Waals surface area contributed by atoms with Gasteiger partial charge in [-0.15, -0.1) is 0 Å². The lowest BCUT2D eigenvalue weighted by Crippen LogP contribution is -2.35. The third-order valence-electron chi connectivity index (χ3n) is 3.00. The highest BCUT2D eigenvalue weighted by Gasteiger charge is 2.16. The van der Waals surface area contributed by atoms with Crippen molar-refractivity contribution >= 4 is 21.9 Å². The second-order valence-electron chi connectivity index (χ2n) is 4.69. The van der Waals surface area contributed by atoms with Gasteiger partial charge in [-0.1, -0.05) is 13.0 Å². The smallest absolute Gasteiger partial charge is 0.338 e. The normalized spacial score (nSPS) is 12.5. The molecule has 1 amide bonds. The molecule has 0 bridgehead atoms. The van der Waals surface area contributed by atoms with Crippen LogP contribution in [0.1, 0.15) is 30.6 Å². The standard InChI is InChI=1S/C14H20N2O5S/c1-4-10(2)16-13(17)9-21-14(18)11-6-5-7-12(8-11)22(19,20)15-3/h5-8,10,15H,4,9H2,1-3H3,(H,16,17)/t10-/m0/s1. The summed E-state index contributed by atoms with van der Waals surface area (Å²) in [6, 6.07) is 5.40. The predicted octanol–water partition coefficient (Wildman–Crippen LogP) is 0.666. The number of esters is 1. The number of hydrogen-bond acceptors (Lipinski definition) is 5. The zero-order valence-electron chi connectivity index (χ0n) is 12.8. The topological polar surface area (TPSA) is 102 Å². The van der Waals surface area contributed by atoms with Gasteiger partial charge in [0.15, 0.2) is 6.61 Å². The zero-order chi connectivity index (χ0) is 16.8. The summed E-state index contributed by atoms with van der Waals surface area (Å²) in [6.45, 7) is 3.35. The molecular formula is C14H20N2O5S. The molecule has 1 atom stereocenters. The molecule has 7 nitrogen and oxygen atoms in total. The van der Waals surface area contributed by atoms with E-state index in [0.29, 0.717) is 0 Å². The summed E-state index contributed by atoms with van der Waals surface area (Å²) in [7, 11) is -2.36. The molecule has 22 heavy (non-hydrogen) atoms. The van der Waals surface area contributed by atoms with E-state index in [1.54, 1.807) is 0 Å². The van der Waals surface area contributed by atoms with E-state index in [4.69, 9.17) is 4.74 Å². The zero-order valence-corrected chi connectivity index (χ0v) is 13.6. The van der Waals surface area contributed by atoms with Crippen LogP contribution in [0.3, 0.4) is 0 Å². The van der Waals surface area contributed by atoms with Crippen LogP contribution in [0.2, 0.25) is 0 Å². The Hall–Kier alpha value is -1.93. The molecule has 2 N–H and O–H groups in total. The molecule has 0 aliphatic carbocycles. The SMILES string of the molecule is CC[C@H](C)NC(=O)COC(=O)c1cccc(S(=O)(=O)NC)c1. The third kappa shape index (κ3) is 5.12. The van der Waals surface area contributed by atoms with Gasteiger partial charge in [-0.2, -0.15) is 0 Å². The molecular weight excluding hydrogens is 308 g/mol. The van der Waals surface area contributed by atoms with Gasteiger partial charge in [0.1, 0.15) is 0 Å². The van der Waals surface area contributed by atoms with E-state index in [-0.39, 0.29) is 16.5 Å². The minimum Gasteiger partial charge on any atom is -0.452 e. The van der Waals surface area contributed by atoms with Crippen molar-refractivity contribution in [3.8, 4) is 0 Å². The van der Waals surface area contributed by atoms with Crippen LogP contribution in [0, 0.1) is 0 Å². The molecule has 0 spiro atoms. The quantitative estimate of drug-likeness (QED) is 0.716. The lowest BCUT2D eigenvalue weighted by atomic mass is 10.2. The van der Waals surface area contributed by atoms with Gasteiger partial charge in [0, 0.05) is 6.04 Å². The van der Waals surface area contributed by atoms with Gasteiger partial charge in [-0.05, 0) is 38.6 Å². The number of carbonyl (C=O) groups is 2. The molecule has 0 saturated carbocycles. The average molecular weight is 328 g/mol. The molecule has 1 rings (SSSR count). The third-order valence-corrected chi connectivity index (χ3v) is 4.41. The van der Waals surface area contributed by atoms with Crippen LogP contribution in [0.5, 0.6) is 0 Å². The van der Waals surface area contributed by atoms with E-state index in [2.05, 4.69) is 10.0 Å². The maximum Gasteiger partial charge on any atom is 0.338 e. The Morgan fingerprint density at radius 1 is 1.32 bits per heavy atom. The van der Waals surface area contributed by atoms with E-state index >= 15 is 0 Å². The van der Waals surface area contributed by atoms with E-state index in [0.717, 1.165) is 6.42 Å². The first-order valence-electron chi connectivity index (χ1n) is 6.80. The minimum atomic E-state index is -3.64. The van der Waals surface area contributed by atoms with Gasteiger partial charge >= 0.3 is 5.97 Å². The lowest BCUT2D eigenvalue weighted by Gasteiger charge is -2.11. The van der Waals surface area contributed by atoms with Crippen molar-refractivity contribution in [2.75, 3.05) is 13.7 Å². The van der Waals surface area contributed by atoms with Crippen molar-refractivity contribution in [3.63, 3.8) is 0 Å². The van der Waals surface area contributed by atoms with Gasteiger partial charge in [-0.3, -0.25) is 4.79 Å². The van der Waals surface area contributed by atoms with Gasteiger partial charge in [0.2, 0.25) is 10.0 Å². The molecule has 8 heteroatoms. The molecule has 0 heterocycles. The number of carbonyl (C=O) groups excluding carboxylic acids is 2. The maximum absolute atomic E-state index is 11.9. The Kier molecular flexibility index (Phi) is 6.51. The van der Waals surface area contributed by atoms with Crippen molar-refractivity contribution in [1.29, 1.82) is 0 Å². The van der Waals surface area contributed by atoms with E-state index < -0.39 is 28.5 Å². The van der Waals surface area contributed by atoms with Crippen molar-refractivity contribution in [1.82, 2.24) is 10.0 Å². The molecule has 0 saturated heterocycles. The summed E-state index contributed by atoms with van der Waals surface area (Å²) in [5.41, 5.74) is 0.0627. The van der Waals surface area contributed by atoms with Crippen molar-refractivity contribution in [2.24, 2.45) is 0 Å². The van der Waals surface area contributed by atoms with E-state index in [1.165, 1.54) is 31.3 Å². The fraction of sp³-hybridized carbons (Fsp3) is 0.429. The highest BCUT2D eigenvalue weighted by Crippen LogP contribution is 2.12. The summed E-state index contributed by atoms with van der Waals surface area (Å²) in [5.74, 6) is -1.16. The van der Waals surface area contributed by atoms with Gasteiger partial charge < -0.3 is 10.1 Å². The van der Waals surface area contributed by atoms with Gasteiger partial charge in [-0.25, -0.2) is 17.9 Å². The number of rotatable bonds is 7. The minimum absolute atomic E-state index is 0.00435. The van der Waals surface area contributed by atoms with Crippen molar-refractivity contribution in [2.45, 2.75) is 31.2 Å². The van der Waals surface area contributed by atoms with Crippen LogP contribution in [-0.2, 0) is 19.6 Å². The molecule has 0 aliphatic rings. The predicted molar refractivity (Wildman–Crippen MR) is 80.9 cm³/mol. The fourth-order valence-corrected chi connectivity index (χ4v) is 2.32. The number of sulfonamides is 1. The molecule has 1 aromatic rings. The summed E-state index contributed by atoms with van der Waals surface area (Å²) < 4.78 is 30.4. The highest BCUT2D eigenvalue weighted by atomic mass is 32.2. The van der Waals surface area contributed by atoms with Crippen LogP contribution >= 0.6 is 0 Å². The van der Waals surface area contributed by atoms with Crippen molar-refractivity contribution < 1.29 is 22.7 Å². The molecule has 1 aromatic carbocycles. The number of hydrogen-bond donors (Lipinski definition) is 2. The molecule has 0 radical (unpaired) electrons. The Labute approximate surface area is 130 Å². The molecule has 0 aliphatic heterocycles. The number of nitrogens with one attached hydrogen (secondary N) is 2. The largest absolute Gasteiger partial charge is 0.452 e. The fourth-order valence-electron chi connectivity index (χ4n) is 1.54. The number of amides is 1. The summed E-state index contributed by atoms with van der Waals surface area (Å²) in [6.07, 6.45) is 0.767. The Morgan fingerprint density at radius 2 is 2.00 bits per heavy atom. The second kappa shape index (κ2) is 7.90. The van der Waals surface area contributed by atoms with E-state index in [1.807, 2.05) is 13.8 Å². The van der Waals surface area contributed by atoms with Crippen LogP contribution in [0.15, 0.2) is 29.2 Å². The Balaban J connectivity index is 2.71. The molecule has 0 aromatic heterocycles. The summed E-state index contributed by atoms with van der Waals surface area (Å²) in [5, 5.41) is 2.66. The van der Waals surface area contributed by atoms with E-state index in [9.17, 15) is 18.0 Å². The Bertz CT molecular complexity index is 642. The highest BCUT2D eigenvalue weighted by molar-refractivity contribution is 7.89. The van der Waals surface area contributed by atoms with Crippen LogP contribution in [-0.4, -0.2) is 40.0 Å². The Morgan fingerprint density at radius 3 is 2.59 bits per heavy atom. The monoisotopic (exact) mass is 328 g/mol. The first-order chi connectivity index (χ1) is 10.3. The second-order valence-corrected chi connectivity index (χ2v) is 6.57. The molecule has 122 valence electrons. The van der Waals surface area contributed by atoms with Crippen LogP contribution < -0.4 is 10.0 Å².